The number of hydrogen-bond acceptors (Lipinski definition) is 7. The van der Waals surface area contributed by atoms with Gasteiger partial charge in [0.1, 0.15) is 23.7 Å². The fourth-order valence-corrected chi connectivity index (χ4v) is 3.21. The number of amides is 4. The molecule has 2 aromatic carbocycles. The van der Waals surface area contributed by atoms with Crippen molar-refractivity contribution < 1.29 is 28.8 Å². The molecule has 38 heavy (non-hydrogen) atoms. The molecule has 0 bridgehead atoms. The first-order valence-electron chi connectivity index (χ1n) is 11.9. The van der Waals surface area contributed by atoms with Crippen LogP contribution >= 0.6 is 0 Å². The van der Waals surface area contributed by atoms with Gasteiger partial charge in [-0.25, -0.2) is 4.79 Å². The van der Waals surface area contributed by atoms with E-state index in [-0.39, 0.29) is 12.1 Å². The molecule has 0 saturated carbocycles. The summed E-state index contributed by atoms with van der Waals surface area (Å²) in [5.41, 5.74) is 0.230. The van der Waals surface area contributed by atoms with Crippen molar-refractivity contribution in [1.82, 2.24) is 16.0 Å². The molecular weight excluding hydrogens is 494 g/mol. The average molecular weight is 528 g/mol. The summed E-state index contributed by atoms with van der Waals surface area (Å²) in [5.74, 6) is -1.79. The largest absolute Gasteiger partial charge is 0.444 e. The van der Waals surface area contributed by atoms with E-state index in [9.17, 15) is 29.3 Å². The predicted molar refractivity (Wildman–Crippen MR) is 140 cm³/mol. The molecule has 0 aliphatic carbocycles. The van der Waals surface area contributed by atoms with Gasteiger partial charge in [0.05, 0.1) is 4.92 Å². The lowest BCUT2D eigenvalue weighted by Gasteiger charge is -2.24. The number of nitrogens with zero attached hydrogens (tertiary/aromatic N) is 1. The van der Waals surface area contributed by atoms with Crippen molar-refractivity contribution in [1.29, 1.82) is 0 Å². The van der Waals surface area contributed by atoms with Gasteiger partial charge in [-0.2, -0.15) is 0 Å². The van der Waals surface area contributed by atoms with E-state index in [1.165, 1.54) is 38.1 Å². The number of nitrogens with one attached hydrogen (secondary N) is 4. The molecule has 0 saturated heterocycles. The summed E-state index contributed by atoms with van der Waals surface area (Å²) in [6.45, 7) is 7.95. The molecule has 3 atom stereocenters. The Morgan fingerprint density at radius 2 is 1.39 bits per heavy atom. The van der Waals surface area contributed by atoms with Gasteiger partial charge in [0, 0.05) is 24.2 Å². The van der Waals surface area contributed by atoms with Crippen molar-refractivity contribution in [3.63, 3.8) is 0 Å². The number of nitro groups is 1. The highest BCUT2D eigenvalue weighted by Gasteiger charge is 2.27. The molecule has 0 aliphatic rings. The summed E-state index contributed by atoms with van der Waals surface area (Å²) >= 11 is 0. The van der Waals surface area contributed by atoms with E-state index >= 15 is 0 Å². The molecule has 0 radical (unpaired) electrons. The highest BCUT2D eigenvalue weighted by molar-refractivity contribution is 5.99. The van der Waals surface area contributed by atoms with Crippen molar-refractivity contribution in [3.05, 3.63) is 70.3 Å². The summed E-state index contributed by atoms with van der Waals surface area (Å²) in [4.78, 5) is 60.7. The quantitative estimate of drug-likeness (QED) is 0.272. The first kappa shape index (κ1) is 29.7. The van der Waals surface area contributed by atoms with Crippen LogP contribution in [0.3, 0.4) is 0 Å². The number of rotatable bonds is 10. The number of alkyl carbamates (subject to hydrolysis) is 1. The molecular formula is C26H33N5O7. The normalized spacial score (nSPS) is 13.3. The van der Waals surface area contributed by atoms with Gasteiger partial charge in [-0.05, 0) is 52.3 Å². The number of anilines is 1. The molecule has 4 amide bonds. The Labute approximate surface area is 220 Å². The third-order valence-electron chi connectivity index (χ3n) is 5.14. The molecule has 12 heteroatoms. The van der Waals surface area contributed by atoms with E-state index in [0.717, 1.165) is 5.56 Å². The van der Waals surface area contributed by atoms with Crippen LogP contribution in [0.1, 0.15) is 40.2 Å². The summed E-state index contributed by atoms with van der Waals surface area (Å²) in [5, 5.41) is 21.1. The Balaban J connectivity index is 2.05. The Hall–Kier alpha value is -4.48. The van der Waals surface area contributed by atoms with Gasteiger partial charge in [-0.15, -0.1) is 0 Å². The number of ether oxygens (including phenoxy) is 1. The Kier molecular flexibility index (Phi) is 10.3. The minimum absolute atomic E-state index is 0.128. The average Bonchev–Trinajstić information content (AvgIpc) is 2.83. The van der Waals surface area contributed by atoms with E-state index in [2.05, 4.69) is 21.3 Å². The first-order chi connectivity index (χ1) is 17.7. The standard InChI is InChI=1S/C26H33N5O7/c1-16(27-22(32)17(2)28-25(35)38-26(3,4)5)23(33)30-21(15-18-9-7-6-8-10-18)24(34)29-19-11-13-20(14-12-19)31(36)37/h6-14,16-17,21H,15H2,1-5H3,(H,27,32)(H,28,35)(H,29,34)(H,30,33). The minimum atomic E-state index is -1.03. The van der Waals surface area contributed by atoms with Gasteiger partial charge in [0.2, 0.25) is 17.7 Å². The maximum atomic E-state index is 13.1. The summed E-state index contributed by atoms with van der Waals surface area (Å²) in [6, 6.07) is 11.3. The molecule has 0 aliphatic heterocycles. The Morgan fingerprint density at radius 3 is 1.95 bits per heavy atom. The number of benzene rings is 2. The second-order valence-corrected chi connectivity index (χ2v) is 9.64. The number of carbonyl (C=O) groups excluding carboxylic acids is 4. The third-order valence-corrected chi connectivity index (χ3v) is 5.14. The maximum absolute atomic E-state index is 13.1. The van der Waals surface area contributed by atoms with Crippen LogP contribution in [0.4, 0.5) is 16.2 Å². The molecule has 2 aromatic rings. The van der Waals surface area contributed by atoms with E-state index < -0.39 is 52.5 Å². The van der Waals surface area contributed by atoms with Gasteiger partial charge in [0.15, 0.2) is 0 Å². The van der Waals surface area contributed by atoms with Gasteiger partial charge in [-0.1, -0.05) is 30.3 Å². The summed E-state index contributed by atoms with van der Waals surface area (Å²) < 4.78 is 5.13. The molecule has 0 heterocycles. The molecule has 204 valence electrons. The topological polar surface area (TPSA) is 169 Å². The lowest BCUT2D eigenvalue weighted by Crippen LogP contribution is -2.55. The smallest absolute Gasteiger partial charge is 0.408 e. The van der Waals surface area contributed by atoms with Gasteiger partial charge in [-0.3, -0.25) is 24.5 Å². The molecule has 0 spiro atoms. The molecule has 3 unspecified atom stereocenters. The van der Waals surface area contributed by atoms with Crippen LogP contribution in [0.25, 0.3) is 0 Å². The zero-order chi connectivity index (χ0) is 28.5. The highest BCUT2D eigenvalue weighted by atomic mass is 16.6. The zero-order valence-electron chi connectivity index (χ0n) is 21.9. The fraction of sp³-hybridized carbons (Fsp3) is 0.385. The molecule has 4 N–H and O–H groups in total. The third kappa shape index (κ3) is 9.88. The van der Waals surface area contributed by atoms with Crippen LogP contribution in [0.2, 0.25) is 0 Å². The molecule has 0 aromatic heterocycles. The Bertz CT molecular complexity index is 1150. The fourth-order valence-electron chi connectivity index (χ4n) is 3.21. The summed E-state index contributed by atoms with van der Waals surface area (Å²) in [6.07, 6.45) is -0.619. The van der Waals surface area contributed by atoms with E-state index in [4.69, 9.17) is 4.74 Å². The van der Waals surface area contributed by atoms with Crippen LogP contribution in [0, 0.1) is 10.1 Å². The number of non-ortho nitro benzene ring substituents is 1. The van der Waals surface area contributed by atoms with Crippen molar-refractivity contribution in [2.75, 3.05) is 5.32 Å². The Morgan fingerprint density at radius 1 is 0.842 bits per heavy atom. The van der Waals surface area contributed by atoms with E-state index in [0.29, 0.717) is 5.69 Å². The van der Waals surface area contributed by atoms with Gasteiger partial charge >= 0.3 is 6.09 Å². The second-order valence-electron chi connectivity index (χ2n) is 9.64. The molecule has 0 fully saturated rings. The van der Waals surface area contributed by atoms with E-state index in [1.54, 1.807) is 45.0 Å². The lowest BCUT2D eigenvalue weighted by atomic mass is 10.0. The van der Waals surface area contributed by atoms with Crippen LogP contribution in [0.15, 0.2) is 54.6 Å². The number of hydrogen-bond donors (Lipinski definition) is 4. The van der Waals surface area contributed by atoms with Gasteiger partial charge < -0.3 is 26.0 Å². The van der Waals surface area contributed by atoms with Gasteiger partial charge in [0.25, 0.3) is 5.69 Å². The van der Waals surface area contributed by atoms with Crippen LogP contribution < -0.4 is 21.3 Å². The van der Waals surface area contributed by atoms with Crippen molar-refractivity contribution >= 4 is 35.2 Å². The molecule has 2 rings (SSSR count). The van der Waals surface area contributed by atoms with Crippen LogP contribution in [-0.4, -0.2) is 52.5 Å². The second kappa shape index (κ2) is 13.2. The highest BCUT2D eigenvalue weighted by Crippen LogP contribution is 2.16. The van der Waals surface area contributed by atoms with Crippen LogP contribution in [0.5, 0.6) is 0 Å². The van der Waals surface area contributed by atoms with Crippen LogP contribution in [-0.2, 0) is 25.5 Å². The van der Waals surface area contributed by atoms with Crippen molar-refractivity contribution in [2.45, 2.75) is 64.8 Å². The SMILES string of the molecule is CC(NC(=O)OC(C)(C)C)C(=O)NC(C)C(=O)NC(Cc1ccccc1)C(=O)Nc1ccc([N+](=O)[O-])cc1. The number of nitro benzene ring substituents is 1. The minimum Gasteiger partial charge on any atom is -0.444 e. The molecule has 12 nitrogen and oxygen atoms in total. The lowest BCUT2D eigenvalue weighted by molar-refractivity contribution is -0.384. The predicted octanol–water partition coefficient (Wildman–Crippen LogP) is 2.68. The van der Waals surface area contributed by atoms with Crippen molar-refractivity contribution in [2.24, 2.45) is 0 Å². The number of carbonyl (C=O) groups is 4. The monoisotopic (exact) mass is 527 g/mol. The van der Waals surface area contributed by atoms with Crippen molar-refractivity contribution in [3.8, 4) is 0 Å². The van der Waals surface area contributed by atoms with E-state index in [1.807, 2.05) is 6.07 Å². The maximum Gasteiger partial charge on any atom is 0.408 e. The summed E-state index contributed by atoms with van der Waals surface area (Å²) in [7, 11) is 0. The zero-order valence-corrected chi connectivity index (χ0v) is 21.9. The first-order valence-corrected chi connectivity index (χ1v) is 11.9.